The number of nitrogen functional groups attached to an aromatic ring is 1. The van der Waals surface area contributed by atoms with Crippen LogP contribution < -0.4 is 5.73 Å². The fourth-order valence-corrected chi connectivity index (χ4v) is 1.31. The Morgan fingerprint density at radius 3 is 2.62 bits per heavy atom. The Balaban J connectivity index is 2.94. The van der Waals surface area contributed by atoms with Crippen molar-refractivity contribution in [3.63, 3.8) is 0 Å². The van der Waals surface area contributed by atoms with E-state index in [-0.39, 0.29) is 0 Å². The molecule has 0 aliphatic heterocycles. The molecule has 1 rings (SSSR count). The van der Waals surface area contributed by atoms with Crippen molar-refractivity contribution in [2.75, 3.05) is 19.8 Å². The van der Waals surface area contributed by atoms with Gasteiger partial charge in [0.2, 0.25) is 0 Å². The molecule has 0 radical (unpaired) electrons. The lowest BCUT2D eigenvalue weighted by Crippen LogP contribution is -2.17. The molecule has 0 spiro atoms. The monoisotopic (exact) mass is 182 g/mol. The summed E-state index contributed by atoms with van der Waals surface area (Å²) >= 11 is 0. The second-order valence-electron chi connectivity index (χ2n) is 3.82. The summed E-state index contributed by atoms with van der Waals surface area (Å²) in [5, 5.41) is 4.23. The van der Waals surface area contributed by atoms with Crippen LogP contribution in [0.4, 0.5) is 5.69 Å². The van der Waals surface area contributed by atoms with Gasteiger partial charge in [0.15, 0.2) is 0 Å². The van der Waals surface area contributed by atoms with Crippen molar-refractivity contribution in [3.8, 4) is 0 Å². The van der Waals surface area contributed by atoms with Crippen molar-refractivity contribution < 1.29 is 0 Å². The van der Waals surface area contributed by atoms with Crippen LogP contribution in [0, 0.1) is 0 Å². The zero-order valence-corrected chi connectivity index (χ0v) is 8.78. The first-order valence-corrected chi connectivity index (χ1v) is 4.49. The lowest BCUT2D eigenvalue weighted by atomic mass is 10.3. The predicted octanol–water partition coefficient (Wildman–Crippen LogP) is 1.11. The van der Waals surface area contributed by atoms with Gasteiger partial charge in [-0.2, -0.15) is 5.10 Å². The molecule has 0 unspecified atom stereocenters. The van der Waals surface area contributed by atoms with Gasteiger partial charge in [0.05, 0.1) is 17.6 Å². The molecule has 0 saturated carbocycles. The number of aromatic nitrogens is 2. The second-order valence-corrected chi connectivity index (χ2v) is 3.82. The molecule has 0 bridgehead atoms. The SMILES string of the molecule is CC(C)n1ncc(N)c1CN(C)C. The average Bonchev–Trinajstić information content (AvgIpc) is 2.32. The van der Waals surface area contributed by atoms with Crippen LogP contribution >= 0.6 is 0 Å². The van der Waals surface area contributed by atoms with E-state index in [9.17, 15) is 0 Å². The van der Waals surface area contributed by atoms with E-state index in [1.54, 1.807) is 6.20 Å². The topological polar surface area (TPSA) is 47.1 Å². The van der Waals surface area contributed by atoms with Gasteiger partial charge in [-0.1, -0.05) is 0 Å². The fraction of sp³-hybridized carbons (Fsp3) is 0.667. The normalized spacial score (nSPS) is 11.5. The third kappa shape index (κ3) is 2.21. The molecule has 13 heavy (non-hydrogen) atoms. The molecule has 74 valence electrons. The van der Waals surface area contributed by atoms with Crippen LogP contribution in [0.15, 0.2) is 6.20 Å². The van der Waals surface area contributed by atoms with Crippen LogP contribution in [0.1, 0.15) is 25.6 Å². The second kappa shape index (κ2) is 3.79. The third-order valence-corrected chi connectivity index (χ3v) is 1.89. The maximum absolute atomic E-state index is 5.82. The highest BCUT2D eigenvalue weighted by Crippen LogP contribution is 2.16. The molecule has 0 fully saturated rings. The molecular weight excluding hydrogens is 164 g/mol. The maximum Gasteiger partial charge on any atom is 0.0756 e. The molecule has 0 saturated heterocycles. The Hall–Kier alpha value is -1.03. The van der Waals surface area contributed by atoms with Gasteiger partial charge >= 0.3 is 0 Å². The zero-order valence-electron chi connectivity index (χ0n) is 8.78. The average molecular weight is 182 g/mol. The van der Waals surface area contributed by atoms with Crippen LogP contribution in [-0.4, -0.2) is 28.8 Å². The first kappa shape index (κ1) is 10.1. The summed E-state index contributed by atoms with van der Waals surface area (Å²) in [5.74, 6) is 0. The van der Waals surface area contributed by atoms with E-state index in [0.29, 0.717) is 6.04 Å². The zero-order chi connectivity index (χ0) is 10.0. The first-order chi connectivity index (χ1) is 6.02. The number of rotatable bonds is 3. The van der Waals surface area contributed by atoms with Crippen molar-refractivity contribution in [1.29, 1.82) is 0 Å². The van der Waals surface area contributed by atoms with E-state index in [1.165, 1.54) is 0 Å². The molecule has 1 heterocycles. The standard InChI is InChI=1S/C9H18N4/c1-7(2)13-9(6-12(3)4)8(10)5-11-13/h5,7H,6,10H2,1-4H3. The Bertz CT molecular complexity index is 275. The number of hydrogen-bond donors (Lipinski definition) is 1. The lowest BCUT2D eigenvalue weighted by molar-refractivity contribution is 0.373. The van der Waals surface area contributed by atoms with Gasteiger partial charge in [-0.15, -0.1) is 0 Å². The highest BCUT2D eigenvalue weighted by atomic mass is 15.3. The van der Waals surface area contributed by atoms with E-state index >= 15 is 0 Å². The first-order valence-electron chi connectivity index (χ1n) is 4.49. The molecule has 1 aromatic rings. The van der Waals surface area contributed by atoms with Gasteiger partial charge < -0.3 is 10.6 Å². The van der Waals surface area contributed by atoms with Crippen LogP contribution in [0.5, 0.6) is 0 Å². The molecule has 0 amide bonds. The minimum absolute atomic E-state index is 0.368. The van der Waals surface area contributed by atoms with Crippen LogP contribution in [-0.2, 0) is 6.54 Å². The van der Waals surface area contributed by atoms with Crippen molar-refractivity contribution in [2.45, 2.75) is 26.4 Å². The van der Waals surface area contributed by atoms with Crippen molar-refractivity contribution in [2.24, 2.45) is 0 Å². The molecule has 4 nitrogen and oxygen atoms in total. The number of anilines is 1. The minimum atomic E-state index is 0.368. The van der Waals surface area contributed by atoms with Gasteiger partial charge in [0.1, 0.15) is 0 Å². The summed E-state index contributed by atoms with van der Waals surface area (Å²) in [6.07, 6.45) is 1.72. The summed E-state index contributed by atoms with van der Waals surface area (Å²) in [7, 11) is 4.05. The van der Waals surface area contributed by atoms with Crippen molar-refractivity contribution in [3.05, 3.63) is 11.9 Å². The minimum Gasteiger partial charge on any atom is -0.396 e. The van der Waals surface area contributed by atoms with Crippen molar-refractivity contribution >= 4 is 5.69 Å². The Morgan fingerprint density at radius 2 is 2.15 bits per heavy atom. The van der Waals surface area contributed by atoms with Gasteiger partial charge in [-0.25, -0.2) is 0 Å². The third-order valence-electron chi connectivity index (χ3n) is 1.89. The van der Waals surface area contributed by atoms with Gasteiger partial charge in [-0.3, -0.25) is 4.68 Å². The fourth-order valence-electron chi connectivity index (χ4n) is 1.31. The number of nitrogens with two attached hydrogens (primary N) is 1. The highest BCUT2D eigenvalue weighted by molar-refractivity contribution is 5.40. The molecule has 0 atom stereocenters. The Labute approximate surface area is 79.3 Å². The van der Waals surface area contributed by atoms with E-state index in [0.717, 1.165) is 17.9 Å². The predicted molar refractivity (Wildman–Crippen MR) is 54.4 cm³/mol. The van der Waals surface area contributed by atoms with E-state index in [4.69, 9.17) is 5.73 Å². The smallest absolute Gasteiger partial charge is 0.0756 e. The van der Waals surface area contributed by atoms with E-state index < -0.39 is 0 Å². The molecule has 2 N–H and O–H groups in total. The summed E-state index contributed by atoms with van der Waals surface area (Å²) in [6.45, 7) is 5.04. The molecular formula is C9H18N4. The molecule has 4 heteroatoms. The quantitative estimate of drug-likeness (QED) is 0.761. The summed E-state index contributed by atoms with van der Waals surface area (Å²) in [6, 6.07) is 0.368. The van der Waals surface area contributed by atoms with E-state index in [2.05, 4.69) is 23.8 Å². The van der Waals surface area contributed by atoms with Gasteiger partial charge in [0, 0.05) is 12.6 Å². The molecule has 0 aliphatic rings. The highest BCUT2D eigenvalue weighted by Gasteiger charge is 2.10. The van der Waals surface area contributed by atoms with Crippen LogP contribution in [0.3, 0.4) is 0 Å². The number of hydrogen-bond acceptors (Lipinski definition) is 3. The largest absolute Gasteiger partial charge is 0.396 e. The maximum atomic E-state index is 5.82. The molecule has 1 aromatic heterocycles. The lowest BCUT2D eigenvalue weighted by Gasteiger charge is -2.15. The van der Waals surface area contributed by atoms with Crippen LogP contribution in [0.2, 0.25) is 0 Å². The van der Waals surface area contributed by atoms with Gasteiger partial charge in [0.25, 0.3) is 0 Å². The van der Waals surface area contributed by atoms with Crippen LogP contribution in [0.25, 0.3) is 0 Å². The molecule has 0 aliphatic carbocycles. The Morgan fingerprint density at radius 1 is 1.54 bits per heavy atom. The number of nitrogens with zero attached hydrogens (tertiary/aromatic N) is 3. The van der Waals surface area contributed by atoms with E-state index in [1.807, 2.05) is 18.8 Å². The Kier molecular flexibility index (Phi) is 2.93. The summed E-state index contributed by atoms with van der Waals surface area (Å²) < 4.78 is 1.97. The molecule has 0 aromatic carbocycles. The summed E-state index contributed by atoms with van der Waals surface area (Å²) in [5.41, 5.74) is 7.69. The summed E-state index contributed by atoms with van der Waals surface area (Å²) in [4.78, 5) is 2.09. The van der Waals surface area contributed by atoms with Crippen molar-refractivity contribution in [1.82, 2.24) is 14.7 Å². The van der Waals surface area contributed by atoms with Gasteiger partial charge in [-0.05, 0) is 27.9 Å².